The number of benzene rings is 7. The van der Waals surface area contributed by atoms with Crippen molar-refractivity contribution < 1.29 is 4.42 Å². The molecule has 5 heterocycles. The first kappa shape index (κ1) is 28.0. The normalized spacial score (nSPS) is 12.2. The molecular weight excluding hydrogens is 657 g/mol. The van der Waals surface area contributed by atoms with Gasteiger partial charge in [0.2, 0.25) is 5.95 Å². The molecule has 242 valence electrons. The molecule has 0 aliphatic heterocycles. The van der Waals surface area contributed by atoms with Gasteiger partial charge >= 0.3 is 0 Å². The van der Waals surface area contributed by atoms with E-state index in [9.17, 15) is 0 Å². The second-order valence-corrected chi connectivity index (χ2v) is 14.5. The number of furan rings is 1. The zero-order valence-electron chi connectivity index (χ0n) is 27.6. The third kappa shape index (κ3) is 3.76. The molecule has 52 heavy (non-hydrogen) atoms. The molecule has 0 unspecified atom stereocenters. The molecule has 0 bridgehead atoms. The molecule has 6 heteroatoms. The summed E-state index contributed by atoms with van der Waals surface area (Å²) in [5.41, 5.74) is 10.4. The molecule has 0 saturated heterocycles. The lowest BCUT2D eigenvalue weighted by atomic mass is 9.98. The predicted molar refractivity (Wildman–Crippen MR) is 216 cm³/mol. The maximum atomic E-state index is 6.79. The fraction of sp³-hybridized carbons (Fsp3) is 0. The summed E-state index contributed by atoms with van der Waals surface area (Å²) in [6, 6.07) is 53.9. The molecule has 0 aliphatic rings. The molecule has 12 rings (SSSR count). The van der Waals surface area contributed by atoms with E-state index >= 15 is 0 Å². The zero-order chi connectivity index (χ0) is 33.9. The number of aromatic nitrogens is 4. The van der Waals surface area contributed by atoms with E-state index in [1.807, 2.05) is 12.3 Å². The monoisotopic (exact) mass is 682 g/mol. The molecule has 0 fully saturated rings. The fourth-order valence-electron chi connectivity index (χ4n) is 8.38. The minimum atomic E-state index is 0.667. The number of hydrogen-bond donors (Lipinski definition) is 0. The third-order valence-corrected chi connectivity index (χ3v) is 11.7. The van der Waals surface area contributed by atoms with Crippen LogP contribution in [0.15, 0.2) is 162 Å². The fourth-order valence-corrected chi connectivity index (χ4v) is 9.37. The van der Waals surface area contributed by atoms with Crippen LogP contribution in [0.5, 0.6) is 0 Å². The van der Waals surface area contributed by atoms with E-state index in [0.717, 1.165) is 76.4 Å². The Morgan fingerprint density at radius 1 is 0.481 bits per heavy atom. The van der Waals surface area contributed by atoms with Gasteiger partial charge in [0.1, 0.15) is 11.2 Å². The highest BCUT2D eigenvalue weighted by Crippen LogP contribution is 2.44. The molecular formula is C46H26N4OS. The quantitative estimate of drug-likeness (QED) is 0.186. The van der Waals surface area contributed by atoms with Gasteiger partial charge in [-0.2, -0.15) is 0 Å². The summed E-state index contributed by atoms with van der Waals surface area (Å²) in [6.45, 7) is 0. The Morgan fingerprint density at radius 3 is 1.71 bits per heavy atom. The predicted octanol–water partition coefficient (Wildman–Crippen LogP) is 12.6. The van der Waals surface area contributed by atoms with Crippen molar-refractivity contribution in [3.8, 4) is 22.8 Å². The summed E-state index contributed by atoms with van der Waals surface area (Å²) < 4.78 is 13.6. The van der Waals surface area contributed by atoms with Crippen molar-refractivity contribution in [3.63, 3.8) is 0 Å². The number of nitrogens with zero attached hydrogens (tertiary/aromatic N) is 4. The Labute approximate surface area is 300 Å². The van der Waals surface area contributed by atoms with Crippen LogP contribution in [-0.2, 0) is 0 Å². The SMILES string of the molecule is c1ccc2c(c1)oc1c(-c3ccc4sc5cnc(-n6c7ccccc7c7ccccc76)nc5c4c3)c(-n3c4ccccc4c4ccccc43)ccc12. The zero-order valence-corrected chi connectivity index (χ0v) is 28.4. The van der Waals surface area contributed by atoms with Crippen molar-refractivity contribution in [2.24, 2.45) is 0 Å². The van der Waals surface area contributed by atoms with Crippen molar-refractivity contribution in [2.45, 2.75) is 0 Å². The lowest BCUT2D eigenvalue weighted by Crippen LogP contribution is -2.00. The van der Waals surface area contributed by atoms with Crippen molar-refractivity contribution in [1.29, 1.82) is 0 Å². The first-order valence-corrected chi connectivity index (χ1v) is 18.2. The van der Waals surface area contributed by atoms with Gasteiger partial charge in [0.15, 0.2) is 0 Å². The van der Waals surface area contributed by atoms with Crippen LogP contribution < -0.4 is 0 Å². The van der Waals surface area contributed by atoms with Gasteiger partial charge in [-0.1, -0.05) is 97.1 Å². The largest absolute Gasteiger partial charge is 0.455 e. The second kappa shape index (κ2) is 10.4. The van der Waals surface area contributed by atoms with E-state index in [1.54, 1.807) is 11.3 Å². The van der Waals surface area contributed by atoms with Gasteiger partial charge in [0.25, 0.3) is 0 Å². The summed E-state index contributed by atoms with van der Waals surface area (Å²) in [5.74, 6) is 0.667. The maximum Gasteiger partial charge on any atom is 0.235 e. The van der Waals surface area contributed by atoms with E-state index < -0.39 is 0 Å². The van der Waals surface area contributed by atoms with Crippen LogP contribution >= 0.6 is 11.3 Å². The molecule has 0 radical (unpaired) electrons. The van der Waals surface area contributed by atoms with Crippen LogP contribution in [0, 0.1) is 0 Å². The van der Waals surface area contributed by atoms with Gasteiger partial charge in [-0.3, -0.25) is 4.57 Å². The minimum Gasteiger partial charge on any atom is -0.455 e. The first-order valence-electron chi connectivity index (χ1n) is 17.4. The Hall–Kier alpha value is -6.76. The number of thiophene rings is 1. The van der Waals surface area contributed by atoms with Crippen LogP contribution in [0.25, 0.3) is 109 Å². The van der Waals surface area contributed by atoms with Crippen molar-refractivity contribution in [1.82, 2.24) is 19.1 Å². The molecule has 0 saturated carbocycles. The third-order valence-electron chi connectivity index (χ3n) is 10.6. The number of hydrogen-bond acceptors (Lipinski definition) is 4. The standard InChI is InChI=1S/C46H26N4OS/c1-6-16-35-28(11-1)29-12-2-7-17-36(29)49(35)39-23-22-33-32-15-5-10-20-40(32)51-45(33)43(39)27-21-24-41-34(25-27)44-42(52-41)26-47-46(48-44)50-37-18-8-3-13-30(37)31-14-4-9-19-38(31)50/h1-26H. The van der Waals surface area contributed by atoms with Gasteiger partial charge in [0.05, 0.1) is 44.2 Å². The van der Waals surface area contributed by atoms with Crippen LogP contribution in [0.3, 0.4) is 0 Å². The molecule has 0 spiro atoms. The van der Waals surface area contributed by atoms with Crippen LogP contribution in [0.4, 0.5) is 0 Å². The Balaban J connectivity index is 1.16. The van der Waals surface area contributed by atoms with E-state index in [1.165, 1.54) is 26.2 Å². The van der Waals surface area contributed by atoms with Gasteiger partial charge in [-0.15, -0.1) is 11.3 Å². The van der Waals surface area contributed by atoms with Crippen molar-refractivity contribution in [3.05, 3.63) is 158 Å². The smallest absolute Gasteiger partial charge is 0.235 e. The molecule has 0 amide bonds. The number of fused-ring (bicyclic) bond motifs is 12. The summed E-state index contributed by atoms with van der Waals surface area (Å²) in [6.07, 6.45) is 1.98. The minimum absolute atomic E-state index is 0.667. The van der Waals surface area contributed by atoms with Crippen LogP contribution in [-0.4, -0.2) is 19.1 Å². The van der Waals surface area contributed by atoms with E-state index in [0.29, 0.717) is 5.95 Å². The molecule has 5 nitrogen and oxygen atoms in total. The molecule has 0 N–H and O–H groups in total. The molecule has 0 aliphatic carbocycles. The van der Waals surface area contributed by atoms with Gasteiger partial charge in [-0.25, -0.2) is 9.97 Å². The topological polar surface area (TPSA) is 48.8 Å². The molecule has 12 aromatic rings. The number of rotatable bonds is 3. The summed E-state index contributed by atoms with van der Waals surface area (Å²) in [4.78, 5) is 10.3. The van der Waals surface area contributed by atoms with Crippen LogP contribution in [0.1, 0.15) is 0 Å². The molecule has 0 atom stereocenters. The van der Waals surface area contributed by atoms with Crippen molar-refractivity contribution in [2.75, 3.05) is 0 Å². The van der Waals surface area contributed by atoms with Gasteiger partial charge < -0.3 is 8.98 Å². The number of para-hydroxylation sites is 5. The van der Waals surface area contributed by atoms with E-state index in [2.05, 4.69) is 155 Å². The van der Waals surface area contributed by atoms with E-state index in [-0.39, 0.29) is 0 Å². The molecule has 5 aromatic heterocycles. The first-order chi connectivity index (χ1) is 25.8. The van der Waals surface area contributed by atoms with Gasteiger partial charge in [-0.05, 0) is 60.2 Å². The Morgan fingerprint density at radius 2 is 1.06 bits per heavy atom. The van der Waals surface area contributed by atoms with Crippen molar-refractivity contribution >= 4 is 97.2 Å². The average Bonchev–Trinajstić information content (AvgIpc) is 3.95. The Bertz CT molecular complexity index is 3330. The maximum absolute atomic E-state index is 6.79. The van der Waals surface area contributed by atoms with E-state index in [4.69, 9.17) is 14.4 Å². The average molecular weight is 683 g/mol. The second-order valence-electron chi connectivity index (χ2n) is 13.4. The Kier molecular flexibility index (Phi) is 5.59. The lowest BCUT2D eigenvalue weighted by molar-refractivity contribution is 0.670. The summed E-state index contributed by atoms with van der Waals surface area (Å²) in [7, 11) is 0. The lowest BCUT2D eigenvalue weighted by Gasteiger charge is -2.15. The highest BCUT2D eigenvalue weighted by molar-refractivity contribution is 7.25. The molecule has 7 aromatic carbocycles. The van der Waals surface area contributed by atoms with Crippen LogP contribution in [0.2, 0.25) is 0 Å². The van der Waals surface area contributed by atoms with Gasteiger partial charge in [0, 0.05) is 48.0 Å². The summed E-state index contributed by atoms with van der Waals surface area (Å²) in [5, 5.41) is 8.14. The summed E-state index contributed by atoms with van der Waals surface area (Å²) >= 11 is 1.73. The highest BCUT2D eigenvalue weighted by Gasteiger charge is 2.22. The highest BCUT2D eigenvalue weighted by atomic mass is 32.1.